The van der Waals surface area contributed by atoms with Crippen molar-refractivity contribution in [3.63, 3.8) is 0 Å². The Balaban J connectivity index is 2.95. The standard InChI is InChI=1S/C14H20N2O/c1-4-14(5-2,10-17)16-13-7-6-12(9-15)11(3)8-13/h6-8,16-17H,4-5,10H2,1-3H3. The second-order valence-electron chi connectivity index (χ2n) is 4.41. The zero-order valence-electron chi connectivity index (χ0n) is 10.7. The Morgan fingerprint density at radius 3 is 2.41 bits per heavy atom. The van der Waals surface area contributed by atoms with Crippen molar-refractivity contribution in [1.29, 1.82) is 5.26 Å². The largest absolute Gasteiger partial charge is 0.394 e. The number of nitrogens with one attached hydrogen (secondary N) is 1. The summed E-state index contributed by atoms with van der Waals surface area (Å²) in [4.78, 5) is 0. The van der Waals surface area contributed by atoms with Crippen molar-refractivity contribution in [3.05, 3.63) is 29.3 Å². The van der Waals surface area contributed by atoms with Gasteiger partial charge in [-0.15, -0.1) is 0 Å². The first kappa shape index (κ1) is 13.5. The molecule has 0 bridgehead atoms. The molecular formula is C14H20N2O. The number of rotatable bonds is 5. The second kappa shape index (κ2) is 5.70. The van der Waals surface area contributed by atoms with Crippen LogP contribution >= 0.6 is 0 Å². The Bertz CT molecular complexity index is 408. The molecule has 0 saturated heterocycles. The van der Waals surface area contributed by atoms with Gasteiger partial charge >= 0.3 is 0 Å². The van der Waals surface area contributed by atoms with E-state index in [-0.39, 0.29) is 12.1 Å². The van der Waals surface area contributed by atoms with E-state index in [1.54, 1.807) is 0 Å². The van der Waals surface area contributed by atoms with Crippen LogP contribution in [0.25, 0.3) is 0 Å². The van der Waals surface area contributed by atoms with E-state index in [0.717, 1.165) is 24.1 Å². The van der Waals surface area contributed by atoms with Crippen LogP contribution in [0.15, 0.2) is 18.2 Å². The molecule has 0 heterocycles. The van der Waals surface area contributed by atoms with Gasteiger partial charge in [-0.2, -0.15) is 5.26 Å². The average molecular weight is 232 g/mol. The second-order valence-corrected chi connectivity index (χ2v) is 4.41. The monoisotopic (exact) mass is 232 g/mol. The van der Waals surface area contributed by atoms with Gasteiger partial charge in [-0.05, 0) is 43.5 Å². The van der Waals surface area contributed by atoms with Gasteiger partial charge in [0.1, 0.15) is 0 Å². The third-order valence-corrected chi connectivity index (χ3v) is 3.41. The molecule has 3 heteroatoms. The normalized spacial score (nSPS) is 11.0. The third-order valence-electron chi connectivity index (χ3n) is 3.41. The summed E-state index contributed by atoms with van der Waals surface area (Å²) in [6.45, 7) is 6.15. The van der Waals surface area contributed by atoms with Gasteiger partial charge in [-0.3, -0.25) is 0 Å². The number of aliphatic hydroxyl groups is 1. The fourth-order valence-electron chi connectivity index (χ4n) is 1.86. The molecule has 0 fully saturated rings. The van der Waals surface area contributed by atoms with Gasteiger partial charge in [-0.1, -0.05) is 13.8 Å². The van der Waals surface area contributed by atoms with Crippen LogP contribution in [0.3, 0.4) is 0 Å². The topological polar surface area (TPSA) is 56.0 Å². The van der Waals surface area contributed by atoms with Gasteiger partial charge < -0.3 is 10.4 Å². The minimum atomic E-state index is -0.263. The molecule has 0 aliphatic rings. The van der Waals surface area contributed by atoms with Crippen molar-refractivity contribution in [2.45, 2.75) is 39.2 Å². The molecule has 0 saturated carbocycles. The quantitative estimate of drug-likeness (QED) is 0.820. The summed E-state index contributed by atoms with van der Waals surface area (Å²) < 4.78 is 0. The molecule has 92 valence electrons. The maximum Gasteiger partial charge on any atom is 0.0994 e. The molecule has 0 aliphatic heterocycles. The Morgan fingerprint density at radius 2 is 2.00 bits per heavy atom. The van der Waals surface area contributed by atoms with Gasteiger partial charge in [0.05, 0.1) is 23.8 Å². The summed E-state index contributed by atoms with van der Waals surface area (Å²) in [5.74, 6) is 0. The molecule has 0 unspecified atom stereocenters. The zero-order valence-corrected chi connectivity index (χ0v) is 10.7. The highest BCUT2D eigenvalue weighted by atomic mass is 16.3. The van der Waals surface area contributed by atoms with Crippen molar-refractivity contribution in [1.82, 2.24) is 0 Å². The first-order valence-corrected chi connectivity index (χ1v) is 6.00. The highest BCUT2D eigenvalue weighted by Crippen LogP contribution is 2.23. The lowest BCUT2D eigenvalue weighted by Gasteiger charge is -2.32. The van der Waals surface area contributed by atoms with Crippen LogP contribution in [0, 0.1) is 18.3 Å². The minimum absolute atomic E-state index is 0.110. The van der Waals surface area contributed by atoms with Crippen LogP contribution in [0.2, 0.25) is 0 Å². The van der Waals surface area contributed by atoms with E-state index in [2.05, 4.69) is 25.2 Å². The van der Waals surface area contributed by atoms with Crippen LogP contribution in [-0.2, 0) is 0 Å². The number of hydrogen-bond acceptors (Lipinski definition) is 3. The van der Waals surface area contributed by atoms with Gasteiger partial charge in [0, 0.05) is 5.69 Å². The van der Waals surface area contributed by atoms with Crippen molar-refractivity contribution >= 4 is 5.69 Å². The fraction of sp³-hybridized carbons (Fsp3) is 0.500. The molecule has 0 atom stereocenters. The SMILES string of the molecule is CCC(CC)(CO)Nc1ccc(C#N)c(C)c1. The number of aliphatic hydroxyl groups excluding tert-OH is 1. The van der Waals surface area contributed by atoms with Crippen LogP contribution in [-0.4, -0.2) is 17.3 Å². The van der Waals surface area contributed by atoms with Gasteiger partial charge in [-0.25, -0.2) is 0 Å². The summed E-state index contributed by atoms with van der Waals surface area (Å²) in [7, 11) is 0. The molecule has 1 aromatic rings. The smallest absolute Gasteiger partial charge is 0.0994 e. The Labute approximate surface area is 103 Å². The first-order chi connectivity index (χ1) is 8.10. The molecule has 0 amide bonds. The molecule has 17 heavy (non-hydrogen) atoms. The van der Waals surface area contributed by atoms with E-state index in [4.69, 9.17) is 5.26 Å². The average Bonchev–Trinajstić information content (AvgIpc) is 2.36. The lowest BCUT2D eigenvalue weighted by atomic mass is 9.93. The number of nitrogens with zero attached hydrogens (tertiary/aromatic N) is 1. The van der Waals surface area contributed by atoms with E-state index in [1.165, 1.54) is 0 Å². The van der Waals surface area contributed by atoms with Crippen LogP contribution in [0.4, 0.5) is 5.69 Å². The molecular weight excluding hydrogens is 212 g/mol. The number of hydrogen-bond donors (Lipinski definition) is 2. The maximum absolute atomic E-state index is 9.49. The molecule has 2 N–H and O–H groups in total. The Morgan fingerprint density at radius 1 is 1.35 bits per heavy atom. The van der Waals surface area contributed by atoms with Crippen molar-refractivity contribution in [2.75, 3.05) is 11.9 Å². The summed E-state index contributed by atoms with van der Waals surface area (Å²) in [5, 5.41) is 21.7. The molecule has 0 radical (unpaired) electrons. The first-order valence-electron chi connectivity index (χ1n) is 6.00. The molecule has 1 rings (SSSR count). The van der Waals surface area contributed by atoms with Crippen molar-refractivity contribution in [2.24, 2.45) is 0 Å². The number of aryl methyl sites for hydroxylation is 1. The summed E-state index contributed by atoms with van der Waals surface area (Å²) in [6.07, 6.45) is 1.72. The maximum atomic E-state index is 9.49. The van der Waals surface area contributed by atoms with Gasteiger partial charge in [0.15, 0.2) is 0 Å². The minimum Gasteiger partial charge on any atom is -0.394 e. The summed E-state index contributed by atoms with van der Waals surface area (Å²) in [5.41, 5.74) is 2.34. The predicted molar refractivity (Wildman–Crippen MR) is 69.9 cm³/mol. The van der Waals surface area contributed by atoms with Crippen LogP contribution < -0.4 is 5.32 Å². The van der Waals surface area contributed by atoms with E-state index in [1.807, 2.05) is 25.1 Å². The van der Waals surface area contributed by atoms with E-state index in [9.17, 15) is 5.11 Å². The molecule has 0 aromatic heterocycles. The zero-order chi connectivity index (χ0) is 12.9. The molecule has 0 spiro atoms. The fourth-order valence-corrected chi connectivity index (χ4v) is 1.86. The third kappa shape index (κ3) is 2.98. The van der Waals surface area contributed by atoms with E-state index in [0.29, 0.717) is 5.56 Å². The van der Waals surface area contributed by atoms with Crippen molar-refractivity contribution in [3.8, 4) is 6.07 Å². The van der Waals surface area contributed by atoms with Crippen molar-refractivity contribution < 1.29 is 5.11 Å². The van der Waals surface area contributed by atoms with Gasteiger partial charge in [0.2, 0.25) is 0 Å². The van der Waals surface area contributed by atoms with Gasteiger partial charge in [0.25, 0.3) is 0 Å². The highest BCUT2D eigenvalue weighted by Gasteiger charge is 2.24. The van der Waals surface area contributed by atoms with Crippen LogP contribution in [0.5, 0.6) is 0 Å². The van der Waals surface area contributed by atoms with E-state index >= 15 is 0 Å². The lowest BCUT2D eigenvalue weighted by molar-refractivity contribution is 0.202. The molecule has 0 aliphatic carbocycles. The Kier molecular flexibility index (Phi) is 4.53. The molecule has 1 aromatic carbocycles. The number of anilines is 1. The summed E-state index contributed by atoms with van der Waals surface area (Å²) in [6, 6.07) is 7.80. The molecule has 3 nitrogen and oxygen atoms in total. The van der Waals surface area contributed by atoms with E-state index < -0.39 is 0 Å². The lowest BCUT2D eigenvalue weighted by Crippen LogP contribution is -2.40. The highest BCUT2D eigenvalue weighted by molar-refractivity contribution is 5.53. The summed E-state index contributed by atoms with van der Waals surface area (Å²) >= 11 is 0. The number of benzene rings is 1. The Hall–Kier alpha value is -1.53. The number of nitriles is 1. The van der Waals surface area contributed by atoms with Crippen LogP contribution in [0.1, 0.15) is 37.8 Å². The predicted octanol–water partition coefficient (Wildman–Crippen LogP) is 2.83.